The number of nitrogens with zero attached hydrogens (tertiary/aromatic N) is 1. The van der Waals surface area contributed by atoms with Crippen molar-refractivity contribution >= 4 is 40.0 Å². The summed E-state index contributed by atoms with van der Waals surface area (Å²) >= 11 is 0. The second kappa shape index (κ2) is 11.1. The molecular weight excluding hydrogens is 463 g/mol. The summed E-state index contributed by atoms with van der Waals surface area (Å²) < 4.78 is 22.8. The Kier molecular flexibility index (Phi) is 9.60. The van der Waals surface area contributed by atoms with E-state index in [2.05, 4.69) is 27.8 Å². The summed E-state index contributed by atoms with van der Waals surface area (Å²) in [6, 6.07) is 16.9. The van der Waals surface area contributed by atoms with Crippen molar-refractivity contribution in [3.05, 3.63) is 65.7 Å². The molecule has 6 nitrogen and oxygen atoms in total. The van der Waals surface area contributed by atoms with Crippen LogP contribution in [0.15, 0.2) is 64.5 Å². The molecule has 0 amide bonds. The minimum atomic E-state index is -3.69. The Labute approximate surface area is 172 Å². The second-order valence-corrected chi connectivity index (χ2v) is 7.20. The highest BCUT2D eigenvalue weighted by Crippen LogP contribution is 2.09. The van der Waals surface area contributed by atoms with Gasteiger partial charge in [-0.25, -0.2) is 13.6 Å². The third-order valence-electron chi connectivity index (χ3n) is 3.69. The van der Waals surface area contributed by atoms with E-state index in [9.17, 15) is 8.42 Å². The van der Waals surface area contributed by atoms with E-state index in [1.54, 1.807) is 19.2 Å². The third kappa shape index (κ3) is 7.71. The first kappa shape index (κ1) is 22.4. The summed E-state index contributed by atoms with van der Waals surface area (Å²) in [5.41, 5.74) is 2.13. The first-order valence-corrected chi connectivity index (χ1v) is 9.64. The number of guanidine groups is 1. The van der Waals surface area contributed by atoms with Crippen LogP contribution in [0.2, 0.25) is 0 Å². The van der Waals surface area contributed by atoms with Gasteiger partial charge < -0.3 is 10.6 Å². The number of primary sulfonamides is 1. The molecule has 142 valence electrons. The molecule has 0 spiro atoms. The van der Waals surface area contributed by atoms with Crippen molar-refractivity contribution in [1.29, 1.82) is 0 Å². The Morgan fingerprint density at radius 1 is 1.04 bits per heavy atom. The van der Waals surface area contributed by atoms with Gasteiger partial charge in [0.05, 0.1) is 4.90 Å². The molecule has 0 heterocycles. The van der Waals surface area contributed by atoms with Crippen molar-refractivity contribution in [1.82, 2.24) is 10.6 Å². The summed E-state index contributed by atoms with van der Waals surface area (Å²) in [6.07, 6.45) is 1.99. The van der Waals surface area contributed by atoms with Gasteiger partial charge in [-0.05, 0) is 36.1 Å². The van der Waals surface area contributed by atoms with E-state index in [-0.39, 0.29) is 28.9 Å². The maximum absolute atomic E-state index is 11.4. The molecule has 0 atom stereocenters. The van der Waals surface area contributed by atoms with E-state index >= 15 is 0 Å². The second-order valence-electron chi connectivity index (χ2n) is 5.63. The van der Waals surface area contributed by atoms with Gasteiger partial charge in [0.25, 0.3) is 0 Å². The molecule has 8 heteroatoms. The van der Waals surface area contributed by atoms with Gasteiger partial charge in [-0.2, -0.15) is 0 Å². The smallest absolute Gasteiger partial charge is 0.238 e. The number of aryl methyl sites for hydroxylation is 1. The van der Waals surface area contributed by atoms with Crippen molar-refractivity contribution in [3.63, 3.8) is 0 Å². The SMILES string of the molecule is CN=C(NCCCc1ccccc1)NCc1cccc(S(N)(=O)=O)c1.I. The van der Waals surface area contributed by atoms with Crippen LogP contribution in [0.3, 0.4) is 0 Å². The lowest BCUT2D eigenvalue weighted by Gasteiger charge is -2.12. The zero-order valence-electron chi connectivity index (χ0n) is 14.7. The highest BCUT2D eigenvalue weighted by Gasteiger charge is 2.08. The fraction of sp³-hybridized carbons (Fsp3) is 0.278. The Hall–Kier alpha value is -1.65. The normalized spacial score (nSPS) is 11.5. The molecular formula is C18H25IN4O2S. The summed E-state index contributed by atoms with van der Waals surface area (Å²) in [7, 11) is -1.99. The van der Waals surface area contributed by atoms with E-state index in [4.69, 9.17) is 5.14 Å². The first-order chi connectivity index (χ1) is 12.0. The van der Waals surface area contributed by atoms with E-state index in [0.717, 1.165) is 24.9 Å². The molecule has 26 heavy (non-hydrogen) atoms. The summed E-state index contributed by atoms with van der Waals surface area (Å²) in [6.45, 7) is 1.26. The molecule has 0 radical (unpaired) electrons. The van der Waals surface area contributed by atoms with Crippen molar-refractivity contribution in [2.24, 2.45) is 10.1 Å². The van der Waals surface area contributed by atoms with Crippen molar-refractivity contribution in [2.45, 2.75) is 24.3 Å². The topological polar surface area (TPSA) is 96.6 Å². The molecule has 4 N–H and O–H groups in total. The van der Waals surface area contributed by atoms with Gasteiger partial charge in [0.15, 0.2) is 5.96 Å². The molecule has 0 fully saturated rings. The molecule has 0 saturated heterocycles. The molecule has 0 saturated carbocycles. The molecule has 0 aromatic heterocycles. The molecule has 2 rings (SSSR count). The lowest BCUT2D eigenvalue weighted by atomic mass is 10.1. The van der Waals surface area contributed by atoms with Gasteiger partial charge in [-0.1, -0.05) is 42.5 Å². The van der Waals surface area contributed by atoms with Crippen LogP contribution in [-0.4, -0.2) is 28.0 Å². The van der Waals surface area contributed by atoms with E-state index in [1.807, 2.05) is 24.3 Å². The summed E-state index contributed by atoms with van der Waals surface area (Å²) in [5, 5.41) is 11.6. The number of halogens is 1. The quantitative estimate of drug-likeness (QED) is 0.241. The molecule has 0 aliphatic rings. The Balaban J connectivity index is 0.00000338. The largest absolute Gasteiger partial charge is 0.356 e. The highest BCUT2D eigenvalue weighted by molar-refractivity contribution is 14.0. The van der Waals surface area contributed by atoms with Gasteiger partial charge in [-0.3, -0.25) is 4.99 Å². The average molecular weight is 488 g/mol. The van der Waals surface area contributed by atoms with Gasteiger partial charge >= 0.3 is 0 Å². The van der Waals surface area contributed by atoms with Crippen LogP contribution in [0.25, 0.3) is 0 Å². The van der Waals surface area contributed by atoms with Gasteiger partial charge in [0.1, 0.15) is 0 Å². The molecule has 0 unspecified atom stereocenters. The lowest BCUT2D eigenvalue weighted by molar-refractivity contribution is 0.597. The predicted molar refractivity (Wildman–Crippen MR) is 116 cm³/mol. The maximum Gasteiger partial charge on any atom is 0.238 e. The Bertz CT molecular complexity index is 811. The highest BCUT2D eigenvalue weighted by atomic mass is 127. The standard InChI is InChI=1S/C18H24N4O2S.HI/c1-20-18(21-12-6-10-15-7-3-2-4-8-15)22-14-16-9-5-11-17(13-16)25(19,23)24;/h2-5,7-9,11,13H,6,10,12,14H2,1H3,(H2,19,23,24)(H2,20,21,22);1H. The first-order valence-electron chi connectivity index (χ1n) is 8.09. The molecule has 0 aliphatic carbocycles. The van der Waals surface area contributed by atoms with Crippen LogP contribution in [0.5, 0.6) is 0 Å². The number of nitrogens with one attached hydrogen (secondary N) is 2. The Morgan fingerprint density at radius 3 is 2.38 bits per heavy atom. The van der Waals surface area contributed by atoms with Crippen molar-refractivity contribution < 1.29 is 8.42 Å². The Morgan fingerprint density at radius 2 is 1.73 bits per heavy atom. The minimum absolute atomic E-state index is 0. The lowest BCUT2D eigenvalue weighted by Crippen LogP contribution is -2.37. The van der Waals surface area contributed by atoms with Crippen LogP contribution in [0.1, 0.15) is 17.5 Å². The predicted octanol–water partition coefficient (Wildman–Crippen LogP) is 2.25. The van der Waals surface area contributed by atoms with Gasteiger partial charge in [0, 0.05) is 20.1 Å². The fourth-order valence-corrected chi connectivity index (χ4v) is 2.97. The van der Waals surface area contributed by atoms with Crippen LogP contribution in [0, 0.1) is 0 Å². The van der Waals surface area contributed by atoms with Crippen LogP contribution < -0.4 is 15.8 Å². The van der Waals surface area contributed by atoms with Gasteiger partial charge in [0.2, 0.25) is 10.0 Å². The number of hydrogen-bond donors (Lipinski definition) is 3. The summed E-state index contributed by atoms with van der Waals surface area (Å²) in [5.74, 6) is 0.675. The van der Waals surface area contributed by atoms with Crippen molar-refractivity contribution in [2.75, 3.05) is 13.6 Å². The van der Waals surface area contributed by atoms with E-state index < -0.39 is 10.0 Å². The maximum atomic E-state index is 11.4. The van der Waals surface area contributed by atoms with Crippen molar-refractivity contribution in [3.8, 4) is 0 Å². The summed E-state index contributed by atoms with van der Waals surface area (Å²) in [4.78, 5) is 4.28. The van der Waals surface area contributed by atoms with Crippen LogP contribution >= 0.6 is 24.0 Å². The average Bonchev–Trinajstić information content (AvgIpc) is 2.61. The molecule has 0 bridgehead atoms. The number of sulfonamides is 1. The zero-order valence-corrected chi connectivity index (χ0v) is 17.8. The third-order valence-corrected chi connectivity index (χ3v) is 4.60. The molecule has 2 aromatic rings. The van der Waals surface area contributed by atoms with E-state index in [1.165, 1.54) is 11.6 Å². The minimum Gasteiger partial charge on any atom is -0.356 e. The molecule has 2 aromatic carbocycles. The number of hydrogen-bond acceptors (Lipinski definition) is 3. The van der Waals surface area contributed by atoms with Gasteiger partial charge in [-0.15, -0.1) is 24.0 Å². The van der Waals surface area contributed by atoms with Crippen LogP contribution in [-0.2, 0) is 23.0 Å². The fourth-order valence-electron chi connectivity index (χ4n) is 2.38. The number of rotatable bonds is 7. The number of benzene rings is 2. The molecule has 0 aliphatic heterocycles. The zero-order chi connectivity index (χ0) is 18.1. The number of nitrogens with two attached hydrogens (primary N) is 1. The number of aliphatic imine (C=N–C) groups is 1. The monoisotopic (exact) mass is 488 g/mol. The van der Waals surface area contributed by atoms with Crippen LogP contribution in [0.4, 0.5) is 0 Å². The van der Waals surface area contributed by atoms with E-state index in [0.29, 0.717) is 12.5 Å².